The van der Waals surface area contributed by atoms with Crippen molar-refractivity contribution in [2.75, 3.05) is 13.2 Å². The number of hydrogen-bond acceptors (Lipinski definition) is 6. The van der Waals surface area contributed by atoms with Crippen LogP contribution in [0.5, 0.6) is 0 Å². The molecule has 0 saturated heterocycles. The van der Waals surface area contributed by atoms with Gasteiger partial charge in [0.15, 0.2) is 6.10 Å². The number of esters is 3. The number of rotatable bonds is 39. The van der Waals surface area contributed by atoms with Gasteiger partial charge in [0, 0.05) is 19.3 Å². The highest BCUT2D eigenvalue weighted by atomic mass is 16.6. The number of hydrogen-bond donors (Lipinski definition) is 0. The Hall–Kier alpha value is -1.59. The summed E-state index contributed by atoms with van der Waals surface area (Å²) in [6, 6.07) is 0. The summed E-state index contributed by atoms with van der Waals surface area (Å²) in [5, 5.41) is 0. The van der Waals surface area contributed by atoms with Crippen molar-refractivity contribution >= 4 is 17.9 Å². The molecule has 0 aromatic carbocycles. The van der Waals surface area contributed by atoms with E-state index in [9.17, 15) is 14.4 Å². The summed E-state index contributed by atoms with van der Waals surface area (Å²) in [5.41, 5.74) is 0. The van der Waals surface area contributed by atoms with Gasteiger partial charge < -0.3 is 14.2 Å². The SMILES string of the molecule is CCCCCCCCCCCCCCCCCCCC(=O)O[C@H](COC(=O)CCCCCCC)COC(=O)CCCCCCCCCCC. The molecule has 0 amide bonds. The van der Waals surface area contributed by atoms with Gasteiger partial charge in [0.25, 0.3) is 0 Å². The van der Waals surface area contributed by atoms with E-state index in [1.54, 1.807) is 0 Å². The van der Waals surface area contributed by atoms with Crippen LogP contribution < -0.4 is 0 Å². The first-order chi connectivity index (χ1) is 24.0. The topological polar surface area (TPSA) is 78.9 Å². The highest BCUT2D eigenvalue weighted by Crippen LogP contribution is 2.15. The van der Waals surface area contributed by atoms with Crippen molar-refractivity contribution < 1.29 is 28.6 Å². The minimum Gasteiger partial charge on any atom is -0.462 e. The van der Waals surface area contributed by atoms with Crippen LogP contribution in [0, 0.1) is 0 Å². The molecule has 0 bridgehead atoms. The normalized spacial score (nSPS) is 11.8. The summed E-state index contributed by atoms with van der Waals surface area (Å²) in [6.45, 7) is 6.55. The van der Waals surface area contributed by atoms with E-state index in [1.165, 1.54) is 135 Å². The molecule has 0 N–H and O–H groups in total. The molecule has 0 unspecified atom stereocenters. The van der Waals surface area contributed by atoms with Gasteiger partial charge in [-0.2, -0.15) is 0 Å². The molecule has 0 aliphatic carbocycles. The third kappa shape index (κ3) is 37.5. The minimum atomic E-state index is -0.755. The average molecular weight is 695 g/mol. The lowest BCUT2D eigenvalue weighted by Crippen LogP contribution is -2.30. The van der Waals surface area contributed by atoms with E-state index >= 15 is 0 Å². The molecule has 0 heterocycles. The maximum Gasteiger partial charge on any atom is 0.306 e. The van der Waals surface area contributed by atoms with Crippen LogP contribution in [0.1, 0.15) is 239 Å². The fourth-order valence-corrected chi connectivity index (χ4v) is 6.32. The van der Waals surface area contributed by atoms with Gasteiger partial charge >= 0.3 is 17.9 Å². The van der Waals surface area contributed by atoms with E-state index in [0.717, 1.165) is 64.2 Å². The van der Waals surface area contributed by atoms with Crippen LogP contribution in [0.2, 0.25) is 0 Å². The first-order valence-electron chi connectivity index (χ1n) is 21.5. The number of carbonyl (C=O) groups excluding carboxylic acids is 3. The summed E-state index contributed by atoms with van der Waals surface area (Å²) in [7, 11) is 0. The Morgan fingerprint density at radius 1 is 0.327 bits per heavy atom. The van der Waals surface area contributed by atoms with Crippen LogP contribution in [-0.4, -0.2) is 37.2 Å². The van der Waals surface area contributed by atoms with Gasteiger partial charge in [-0.15, -0.1) is 0 Å². The van der Waals surface area contributed by atoms with Gasteiger partial charge in [0.1, 0.15) is 13.2 Å². The molecule has 0 aliphatic heterocycles. The first-order valence-corrected chi connectivity index (χ1v) is 21.5. The molecule has 0 rings (SSSR count). The smallest absolute Gasteiger partial charge is 0.306 e. The van der Waals surface area contributed by atoms with E-state index in [0.29, 0.717) is 19.3 Å². The fraction of sp³-hybridized carbons (Fsp3) is 0.930. The van der Waals surface area contributed by atoms with Gasteiger partial charge in [0.05, 0.1) is 0 Å². The molecule has 0 spiro atoms. The molecule has 0 saturated carbocycles. The van der Waals surface area contributed by atoms with Crippen LogP contribution in [0.4, 0.5) is 0 Å². The fourth-order valence-electron chi connectivity index (χ4n) is 6.32. The summed E-state index contributed by atoms with van der Waals surface area (Å²) in [4.78, 5) is 37.3. The first kappa shape index (κ1) is 47.4. The van der Waals surface area contributed by atoms with E-state index in [-0.39, 0.29) is 31.1 Å². The standard InChI is InChI=1S/C43H82O6/c1-4-7-10-13-15-17-18-19-20-21-22-23-24-26-28-31-34-37-43(46)49-40(38-47-41(44)35-32-29-12-9-6-3)39-48-42(45)36-33-30-27-25-16-14-11-8-5-2/h40H,4-39H2,1-3H3/t40-/m1/s1. The molecule has 0 aliphatic rings. The zero-order valence-electron chi connectivity index (χ0n) is 33.0. The third-order valence-electron chi connectivity index (χ3n) is 9.61. The third-order valence-corrected chi connectivity index (χ3v) is 9.61. The second kappa shape index (κ2) is 39.2. The second-order valence-corrected chi connectivity index (χ2v) is 14.6. The van der Waals surface area contributed by atoms with E-state index in [4.69, 9.17) is 14.2 Å². The molecule has 6 nitrogen and oxygen atoms in total. The van der Waals surface area contributed by atoms with Crippen LogP contribution in [-0.2, 0) is 28.6 Å². The van der Waals surface area contributed by atoms with Crippen molar-refractivity contribution in [3.8, 4) is 0 Å². The molecule has 0 radical (unpaired) electrons. The van der Waals surface area contributed by atoms with E-state index in [2.05, 4.69) is 20.8 Å². The predicted octanol–water partition coefficient (Wildman–Crippen LogP) is 13.3. The molecule has 1 atom stereocenters. The summed E-state index contributed by atoms with van der Waals surface area (Å²) in [6.07, 6.45) is 38.3. The molecule has 6 heteroatoms. The van der Waals surface area contributed by atoms with Crippen LogP contribution in [0.15, 0.2) is 0 Å². The average Bonchev–Trinajstić information content (AvgIpc) is 3.09. The Balaban J connectivity index is 4.15. The van der Waals surface area contributed by atoms with Gasteiger partial charge in [-0.25, -0.2) is 0 Å². The van der Waals surface area contributed by atoms with Gasteiger partial charge in [0.2, 0.25) is 0 Å². The summed E-state index contributed by atoms with van der Waals surface area (Å²) < 4.78 is 16.5. The molecule has 0 aromatic rings. The highest BCUT2D eigenvalue weighted by Gasteiger charge is 2.19. The number of unbranched alkanes of at least 4 members (excludes halogenated alkanes) is 28. The van der Waals surface area contributed by atoms with Gasteiger partial charge in [-0.3, -0.25) is 14.4 Å². The van der Waals surface area contributed by atoms with Crippen molar-refractivity contribution in [1.29, 1.82) is 0 Å². The van der Waals surface area contributed by atoms with Crippen LogP contribution in [0.25, 0.3) is 0 Å². The zero-order valence-corrected chi connectivity index (χ0v) is 33.0. The molecular weight excluding hydrogens is 612 g/mol. The Kier molecular flexibility index (Phi) is 37.9. The van der Waals surface area contributed by atoms with E-state index in [1.807, 2.05) is 0 Å². The van der Waals surface area contributed by atoms with Crippen LogP contribution >= 0.6 is 0 Å². The lowest BCUT2D eigenvalue weighted by Gasteiger charge is -2.18. The van der Waals surface area contributed by atoms with Crippen molar-refractivity contribution in [2.24, 2.45) is 0 Å². The maximum absolute atomic E-state index is 12.6. The largest absolute Gasteiger partial charge is 0.462 e. The molecule has 0 aromatic heterocycles. The Labute approximate surface area is 304 Å². The van der Waals surface area contributed by atoms with E-state index < -0.39 is 6.10 Å². The minimum absolute atomic E-state index is 0.0647. The lowest BCUT2D eigenvalue weighted by molar-refractivity contribution is -0.167. The Morgan fingerprint density at radius 3 is 0.816 bits per heavy atom. The quantitative estimate of drug-likeness (QED) is 0.0362. The maximum atomic E-state index is 12.6. The predicted molar refractivity (Wildman–Crippen MR) is 206 cm³/mol. The lowest BCUT2D eigenvalue weighted by atomic mass is 10.0. The number of carbonyl (C=O) groups is 3. The monoisotopic (exact) mass is 695 g/mol. The Morgan fingerprint density at radius 2 is 0.551 bits per heavy atom. The van der Waals surface area contributed by atoms with Crippen molar-refractivity contribution in [3.05, 3.63) is 0 Å². The summed E-state index contributed by atoms with van der Waals surface area (Å²) >= 11 is 0. The van der Waals surface area contributed by atoms with Crippen molar-refractivity contribution in [1.82, 2.24) is 0 Å². The second-order valence-electron chi connectivity index (χ2n) is 14.6. The van der Waals surface area contributed by atoms with Crippen molar-refractivity contribution in [3.63, 3.8) is 0 Å². The van der Waals surface area contributed by atoms with Gasteiger partial charge in [-0.1, -0.05) is 201 Å². The molecule has 0 fully saturated rings. The van der Waals surface area contributed by atoms with Gasteiger partial charge in [-0.05, 0) is 19.3 Å². The zero-order chi connectivity index (χ0) is 35.9. The Bertz CT molecular complexity index is 723. The van der Waals surface area contributed by atoms with Crippen LogP contribution in [0.3, 0.4) is 0 Å². The van der Waals surface area contributed by atoms with Crippen molar-refractivity contribution in [2.45, 2.75) is 245 Å². The molecular formula is C43H82O6. The molecule has 290 valence electrons. The number of ether oxygens (including phenoxy) is 3. The summed E-state index contributed by atoms with van der Waals surface area (Å²) in [5.74, 6) is -0.872. The molecule has 49 heavy (non-hydrogen) atoms. The highest BCUT2D eigenvalue weighted by molar-refractivity contribution is 5.71.